The van der Waals surface area contributed by atoms with Gasteiger partial charge in [-0.3, -0.25) is 0 Å². The molecule has 1 aliphatic carbocycles. The molecular formula is C21H16Cl2N2O2. The van der Waals surface area contributed by atoms with Crippen LogP contribution in [0, 0.1) is 11.3 Å². The first-order valence-electron chi connectivity index (χ1n) is 8.47. The SMILES string of the molecule is COc1cccc2c1CCC1=C2OC(N)=C(C#N)C1c1ccc(Cl)c(Cl)c1. The van der Waals surface area contributed by atoms with Gasteiger partial charge in [0.05, 0.1) is 17.2 Å². The predicted molar refractivity (Wildman–Crippen MR) is 105 cm³/mol. The molecule has 1 aliphatic heterocycles. The Morgan fingerprint density at radius 1 is 1.19 bits per heavy atom. The molecular weight excluding hydrogens is 383 g/mol. The molecule has 1 heterocycles. The monoisotopic (exact) mass is 398 g/mol. The van der Waals surface area contributed by atoms with Crippen LogP contribution in [-0.2, 0) is 11.2 Å². The van der Waals surface area contributed by atoms with E-state index in [0.29, 0.717) is 21.4 Å². The fourth-order valence-electron chi connectivity index (χ4n) is 3.83. The van der Waals surface area contributed by atoms with Gasteiger partial charge in [0, 0.05) is 17.0 Å². The van der Waals surface area contributed by atoms with E-state index in [0.717, 1.165) is 40.9 Å². The molecule has 0 amide bonds. The van der Waals surface area contributed by atoms with Crippen LogP contribution in [0.25, 0.3) is 5.76 Å². The average Bonchev–Trinajstić information content (AvgIpc) is 2.68. The highest BCUT2D eigenvalue weighted by Gasteiger charge is 2.36. The number of rotatable bonds is 2. The maximum atomic E-state index is 9.72. The third kappa shape index (κ3) is 2.84. The van der Waals surface area contributed by atoms with Gasteiger partial charge in [-0.1, -0.05) is 41.4 Å². The van der Waals surface area contributed by atoms with Gasteiger partial charge >= 0.3 is 0 Å². The van der Waals surface area contributed by atoms with E-state index < -0.39 is 0 Å². The van der Waals surface area contributed by atoms with E-state index in [1.807, 2.05) is 24.3 Å². The molecule has 2 aliphatic rings. The van der Waals surface area contributed by atoms with Crippen LogP contribution in [0.1, 0.15) is 29.0 Å². The molecule has 27 heavy (non-hydrogen) atoms. The highest BCUT2D eigenvalue weighted by atomic mass is 35.5. The number of hydrogen-bond donors (Lipinski definition) is 1. The standard InChI is InChI=1S/C21H16Cl2N2O2/c1-26-18-4-2-3-13-12(18)6-7-14-19(11-5-8-16(22)17(23)9-11)15(10-24)21(25)27-20(13)14/h2-5,8-9,19H,6-7,25H2,1H3. The van der Waals surface area contributed by atoms with Crippen molar-refractivity contribution in [3.63, 3.8) is 0 Å². The summed E-state index contributed by atoms with van der Waals surface area (Å²) in [5.74, 6) is 1.32. The Bertz CT molecular complexity index is 1050. The quantitative estimate of drug-likeness (QED) is 0.757. The molecule has 2 N–H and O–H groups in total. The minimum Gasteiger partial charge on any atom is -0.496 e. The summed E-state index contributed by atoms with van der Waals surface area (Å²) in [4.78, 5) is 0. The summed E-state index contributed by atoms with van der Waals surface area (Å²) in [6, 6.07) is 13.5. The molecule has 4 nitrogen and oxygen atoms in total. The van der Waals surface area contributed by atoms with Crippen LogP contribution in [0.2, 0.25) is 10.0 Å². The van der Waals surface area contributed by atoms with Crippen LogP contribution in [0.5, 0.6) is 5.75 Å². The van der Waals surface area contributed by atoms with Crippen molar-refractivity contribution in [3.05, 3.63) is 80.2 Å². The molecule has 1 unspecified atom stereocenters. The summed E-state index contributed by atoms with van der Waals surface area (Å²) in [5, 5.41) is 10.6. The summed E-state index contributed by atoms with van der Waals surface area (Å²) < 4.78 is 11.4. The maximum Gasteiger partial charge on any atom is 0.205 e. The normalized spacial score (nSPS) is 18.4. The molecule has 0 saturated heterocycles. The third-order valence-electron chi connectivity index (χ3n) is 5.05. The zero-order chi connectivity index (χ0) is 19.1. The van der Waals surface area contributed by atoms with Gasteiger partial charge in [-0.25, -0.2) is 0 Å². The summed E-state index contributed by atoms with van der Waals surface area (Å²) >= 11 is 12.3. The first-order chi connectivity index (χ1) is 13.0. The van der Waals surface area contributed by atoms with Crippen molar-refractivity contribution in [1.82, 2.24) is 0 Å². The van der Waals surface area contributed by atoms with Crippen molar-refractivity contribution in [3.8, 4) is 11.8 Å². The Labute approximate surface area is 167 Å². The number of nitrogens with zero attached hydrogens (tertiary/aromatic N) is 1. The van der Waals surface area contributed by atoms with Gasteiger partial charge in [0.15, 0.2) is 0 Å². The van der Waals surface area contributed by atoms with Crippen LogP contribution in [0.15, 0.2) is 53.4 Å². The number of nitriles is 1. The Balaban J connectivity index is 1.93. The molecule has 2 aromatic carbocycles. The fraction of sp³-hybridized carbons (Fsp3) is 0.190. The minimum atomic E-state index is -0.312. The number of benzene rings is 2. The van der Waals surface area contributed by atoms with Crippen molar-refractivity contribution < 1.29 is 9.47 Å². The molecule has 2 aromatic rings. The summed E-state index contributed by atoms with van der Waals surface area (Å²) in [6.07, 6.45) is 1.52. The second kappa shape index (κ2) is 6.84. The second-order valence-corrected chi connectivity index (χ2v) is 7.25. The molecule has 0 aromatic heterocycles. The van der Waals surface area contributed by atoms with Crippen molar-refractivity contribution in [2.45, 2.75) is 18.8 Å². The van der Waals surface area contributed by atoms with Gasteiger partial charge < -0.3 is 15.2 Å². The number of ether oxygens (including phenoxy) is 2. The van der Waals surface area contributed by atoms with Gasteiger partial charge in [0.2, 0.25) is 5.88 Å². The van der Waals surface area contributed by atoms with Crippen LogP contribution in [0.3, 0.4) is 0 Å². The number of halogens is 2. The second-order valence-electron chi connectivity index (χ2n) is 6.44. The van der Waals surface area contributed by atoms with Crippen LogP contribution >= 0.6 is 23.2 Å². The maximum absolute atomic E-state index is 9.72. The van der Waals surface area contributed by atoms with Crippen LogP contribution in [0.4, 0.5) is 0 Å². The zero-order valence-corrected chi connectivity index (χ0v) is 16.1. The summed E-state index contributed by atoms with van der Waals surface area (Å²) in [7, 11) is 1.65. The molecule has 0 radical (unpaired) electrons. The smallest absolute Gasteiger partial charge is 0.205 e. The number of nitrogens with two attached hydrogens (primary N) is 1. The van der Waals surface area contributed by atoms with E-state index >= 15 is 0 Å². The lowest BCUT2D eigenvalue weighted by atomic mass is 9.76. The van der Waals surface area contributed by atoms with E-state index in [2.05, 4.69) is 6.07 Å². The third-order valence-corrected chi connectivity index (χ3v) is 5.78. The average molecular weight is 399 g/mol. The molecule has 0 fully saturated rings. The highest BCUT2D eigenvalue weighted by Crippen LogP contribution is 2.48. The number of allylic oxidation sites excluding steroid dienone is 2. The van der Waals surface area contributed by atoms with E-state index in [4.69, 9.17) is 38.4 Å². The van der Waals surface area contributed by atoms with Crippen LogP contribution in [-0.4, -0.2) is 7.11 Å². The minimum absolute atomic E-state index is 0.114. The fourth-order valence-corrected chi connectivity index (χ4v) is 4.14. The zero-order valence-electron chi connectivity index (χ0n) is 14.6. The Morgan fingerprint density at radius 3 is 2.70 bits per heavy atom. The van der Waals surface area contributed by atoms with E-state index in [-0.39, 0.29) is 11.8 Å². The van der Waals surface area contributed by atoms with Gasteiger partial charge in [0.25, 0.3) is 0 Å². The van der Waals surface area contributed by atoms with Gasteiger partial charge in [-0.2, -0.15) is 5.26 Å². The Kier molecular flexibility index (Phi) is 4.51. The lowest BCUT2D eigenvalue weighted by Crippen LogP contribution is -2.23. The first kappa shape index (κ1) is 17.8. The topological polar surface area (TPSA) is 68.3 Å². The molecule has 0 bridgehead atoms. The van der Waals surface area contributed by atoms with Gasteiger partial charge in [-0.05, 0) is 42.2 Å². The van der Waals surface area contributed by atoms with Crippen LogP contribution < -0.4 is 10.5 Å². The van der Waals surface area contributed by atoms with E-state index in [1.165, 1.54) is 0 Å². The predicted octanol–water partition coefficient (Wildman–Crippen LogP) is 5.17. The largest absolute Gasteiger partial charge is 0.496 e. The van der Waals surface area contributed by atoms with Gasteiger partial charge in [0.1, 0.15) is 23.2 Å². The van der Waals surface area contributed by atoms with Crippen molar-refractivity contribution in [2.75, 3.05) is 7.11 Å². The molecule has 4 rings (SSSR count). The number of methoxy groups -OCH3 is 1. The number of fused-ring (bicyclic) bond motifs is 2. The van der Waals surface area contributed by atoms with Crippen molar-refractivity contribution >= 4 is 29.0 Å². The lowest BCUT2D eigenvalue weighted by molar-refractivity contribution is 0.347. The Hall–Kier alpha value is -2.61. The highest BCUT2D eigenvalue weighted by molar-refractivity contribution is 6.42. The number of hydrogen-bond acceptors (Lipinski definition) is 4. The summed E-state index contributed by atoms with van der Waals surface area (Å²) in [5.41, 5.74) is 10.4. The molecule has 1 atom stereocenters. The molecule has 0 saturated carbocycles. The van der Waals surface area contributed by atoms with Crippen molar-refractivity contribution in [2.24, 2.45) is 5.73 Å². The Morgan fingerprint density at radius 2 is 2.00 bits per heavy atom. The summed E-state index contributed by atoms with van der Waals surface area (Å²) in [6.45, 7) is 0. The lowest BCUT2D eigenvalue weighted by Gasteiger charge is -2.33. The molecule has 136 valence electrons. The first-order valence-corrected chi connectivity index (χ1v) is 9.22. The molecule has 0 spiro atoms. The van der Waals surface area contributed by atoms with E-state index in [9.17, 15) is 5.26 Å². The van der Waals surface area contributed by atoms with E-state index in [1.54, 1.807) is 19.2 Å². The molecule has 6 heteroatoms. The van der Waals surface area contributed by atoms with Crippen molar-refractivity contribution in [1.29, 1.82) is 5.26 Å². The van der Waals surface area contributed by atoms with Gasteiger partial charge in [-0.15, -0.1) is 0 Å².